The van der Waals surface area contributed by atoms with Gasteiger partial charge in [-0.1, -0.05) is 30.3 Å². The second-order valence-electron chi connectivity index (χ2n) is 5.99. The summed E-state index contributed by atoms with van der Waals surface area (Å²) in [6, 6.07) is 15.7. The van der Waals surface area contributed by atoms with Gasteiger partial charge in [-0.05, 0) is 30.7 Å². The standard InChI is InChI=1S/C18H18N4O/c1-12-6-2-3-7-14(12)21-18(23)22-10-13(11-22)17-19-15-8-4-5-9-16(15)20-17/h2-9,13H,10-11H2,1H3,(H,19,20)(H,21,23). The number of amides is 2. The Hall–Kier alpha value is -2.82. The highest BCUT2D eigenvalue weighted by Gasteiger charge is 2.33. The van der Waals surface area contributed by atoms with Crippen molar-refractivity contribution in [2.75, 3.05) is 18.4 Å². The Balaban J connectivity index is 1.41. The number of para-hydroxylation sites is 3. The Morgan fingerprint density at radius 3 is 2.70 bits per heavy atom. The lowest BCUT2D eigenvalue weighted by Crippen LogP contribution is -2.50. The molecule has 0 unspecified atom stereocenters. The summed E-state index contributed by atoms with van der Waals surface area (Å²) in [5.74, 6) is 1.25. The first-order valence-corrected chi connectivity index (χ1v) is 7.77. The predicted molar refractivity (Wildman–Crippen MR) is 90.6 cm³/mol. The van der Waals surface area contributed by atoms with E-state index in [0.29, 0.717) is 13.1 Å². The molecule has 1 saturated heterocycles. The molecular weight excluding hydrogens is 288 g/mol. The van der Waals surface area contributed by atoms with Crippen LogP contribution in [0.5, 0.6) is 0 Å². The van der Waals surface area contributed by atoms with Crippen molar-refractivity contribution in [3.8, 4) is 0 Å². The van der Waals surface area contributed by atoms with Crippen LogP contribution in [0.4, 0.5) is 10.5 Å². The number of aromatic amines is 1. The van der Waals surface area contributed by atoms with Gasteiger partial charge in [-0.25, -0.2) is 9.78 Å². The van der Waals surface area contributed by atoms with Crippen LogP contribution >= 0.6 is 0 Å². The maximum atomic E-state index is 12.3. The molecule has 0 radical (unpaired) electrons. The first kappa shape index (κ1) is 13.8. The van der Waals surface area contributed by atoms with Gasteiger partial charge in [-0.3, -0.25) is 0 Å². The van der Waals surface area contributed by atoms with Crippen LogP contribution in [0.2, 0.25) is 0 Å². The summed E-state index contributed by atoms with van der Waals surface area (Å²) < 4.78 is 0. The zero-order valence-electron chi connectivity index (χ0n) is 12.9. The van der Waals surface area contributed by atoms with E-state index in [1.165, 1.54) is 0 Å². The number of nitrogens with one attached hydrogen (secondary N) is 2. The molecule has 1 fully saturated rings. The number of urea groups is 1. The van der Waals surface area contributed by atoms with Crippen LogP contribution in [0.1, 0.15) is 17.3 Å². The molecule has 0 atom stereocenters. The van der Waals surface area contributed by atoms with Gasteiger partial charge in [-0.2, -0.15) is 0 Å². The molecule has 2 heterocycles. The molecule has 116 valence electrons. The highest BCUT2D eigenvalue weighted by molar-refractivity contribution is 5.90. The van der Waals surface area contributed by atoms with Crippen LogP contribution in [-0.4, -0.2) is 34.0 Å². The number of hydrogen-bond donors (Lipinski definition) is 2. The first-order chi connectivity index (χ1) is 11.2. The summed E-state index contributed by atoms with van der Waals surface area (Å²) in [6.45, 7) is 3.37. The van der Waals surface area contributed by atoms with Crippen LogP contribution in [-0.2, 0) is 0 Å². The van der Waals surface area contributed by atoms with Crippen LogP contribution in [0.25, 0.3) is 11.0 Å². The number of carbonyl (C=O) groups excluding carboxylic acids is 1. The number of fused-ring (bicyclic) bond motifs is 1. The van der Waals surface area contributed by atoms with E-state index in [9.17, 15) is 4.79 Å². The second-order valence-corrected chi connectivity index (χ2v) is 5.99. The van der Waals surface area contributed by atoms with E-state index >= 15 is 0 Å². The SMILES string of the molecule is Cc1ccccc1NC(=O)N1CC(c2nc3ccccc3[nH]2)C1. The molecule has 0 bridgehead atoms. The van der Waals surface area contributed by atoms with Crippen LogP contribution in [0.3, 0.4) is 0 Å². The van der Waals surface area contributed by atoms with Crippen LogP contribution < -0.4 is 5.32 Å². The minimum absolute atomic E-state index is 0.0494. The molecule has 5 nitrogen and oxygen atoms in total. The van der Waals surface area contributed by atoms with Crippen molar-refractivity contribution in [3.05, 3.63) is 59.9 Å². The third-order valence-electron chi connectivity index (χ3n) is 4.35. The van der Waals surface area contributed by atoms with Crippen molar-refractivity contribution in [2.24, 2.45) is 0 Å². The summed E-state index contributed by atoms with van der Waals surface area (Å²) in [5.41, 5.74) is 3.95. The fraction of sp³-hybridized carbons (Fsp3) is 0.222. The van der Waals surface area contributed by atoms with Crippen molar-refractivity contribution < 1.29 is 4.79 Å². The van der Waals surface area contributed by atoms with Gasteiger partial charge in [0.15, 0.2) is 0 Å². The summed E-state index contributed by atoms with van der Waals surface area (Å²) in [5, 5.41) is 2.97. The molecule has 1 aliphatic heterocycles. The normalized spacial score (nSPS) is 14.7. The highest BCUT2D eigenvalue weighted by Crippen LogP contribution is 2.27. The maximum absolute atomic E-state index is 12.3. The molecule has 5 heteroatoms. The summed E-state index contributed by atoms with van der Waals surface area (Å²) in [4.78, 5) is 22.0. The molecule has 2 N–H and O–H groups in total. The lowest BCUT2D eigenvalue weighted by molar-refractivity contribution is 0.161. The molecule has 3 aromatic rings. The third kappa shape index (κ3) is 2.54. The molecule has 4 rings (SSSR count). The number of hydrogen-bond acceptors (Lipinski definition) is 2. The number of imidazole rings is 1. The topological polar surface area (TPSA) is 61.0 Å². The first-order valence-electron chi connectivity index (χ1n) is 7.77. The molecule has 0 saturated carbocycles. The number of likely N-dealkylation sites (tertiary alicyclic amines) is 1. The van der Waals surface area contributed by atoms with Crippen molar-refractivity contribution in [1.82, 2.24) is 14.9 Å². The molecule has 0 spiro atoms. The Bertz CT molecular complexity index is 831. The zero-order chi connectivity index (χ0) is 15.8. The number of carbonyl (C=O) groups is 1. The van der Waals surface area contributed by atoms with E-state index in [0.717, 1.165) is 28.1 Å². The van der Waals surface area contributed by atoms with Gasteiger partial charge in [0.05, 0.1) is 17.0 Å². The molecule has 23 heavy (non-hydrogen) atoms. The molecule has 1 aliphatic rings. The minimum Gasteiger partial charge on any atom is -0.342 e. The number of H-pyrrole nitrogens is 1. The van der Waals surface area contributed by atoms with Gasteiger partial charge in [0.25, 0.3) is 0 Å². The molecule has 2 aromatic carbocycles. The van der Waals surface area contributed by atoms with E-state index in [4.69, 9.17) is 0 Å². The number of nitrogens with zero attached hydrogens (tertiary/aromatic N) is 2. The maximum Gasteiger partial charge on any atom is 0.321 e. The Morgan fingerprint density at radius 2 is 1.91 bits per heavy atom. The average molecular weight is 306 g/mol. The summed E-state index contributed by atoms with van der Waals surface area (Å²) in [6.07, 6.45) is 0. The number of rotatable bonds is 2. The quantitative estimate of drug-likeness (QED) is 0.761. The van der Waals surface area contributed by atoms with Gasteiger partial charge in [0, 0.05) is 18.8 Å². The Kier molecular flexibility index (Phi) is 3.26. The van der Waals surface area contributed by atoms with E-state index in [-0.39, 0.29) is 11.9 Å². The van der Waals surface area contributed by atoms with Crippen LogP contribution in [0.15, 0.2) is 48.5 Å². The van der Waals surface area contributed by atoms with Crippen molar-refractivity contribution >= 4 is 22.8 Å². The number of benzene rings is 2. The second kappa shape index (κ2) is 5.43. The fourth-order valence-corrected chi connectivity index (χ4v) is 2.89. The van der Waals surface area contributed by atoms with E-state index in [2.05, 4.69) is 15.3 Å². The van der Waals surface area contributed by atoms with Crippen molar-refractivity contribution in [2.45, 2.75) is 12.8 Å². The monoisotopic (exact) mass is 306 g/mol. The number of aryl methyl sites for hydroxylation is 1. The van der Waals surface area contributed by atoms with E-state index < -0.39 is 0 Å². The predicted octanol–water partition coefficient (Wildman–Crippen LogP) is 3.50. The minimum atomic E-state index is -0.0494. The van der Waals surface area contributed by atoms with Gasteiger partial charge in [0.1, 0.15) is 5.82 Å². The van der Waals surface area contributed by atoms with Crippen molar-refractivity contribution in [1.29, 1.82) is 0 Å². The van der Waals surface area contributed by atoms with E-state index in [1.54, 1.807) is 0 Å². The van der Waals surface area contributed by atoms with Gasteiger partial charge >= 0.3 is 6.03 Å². The molecule has 2 amide bonds. The largest absolute Gasteiger partial charge is 0.342 e. The van der Waals surface area contributed by atoms with Gasteiger partial charge in [0.2, 0.25) is 0 Å². The van der Waals surface area contributed by atoms with E-state index in [1.807, 2.05) is 60.4 Å². The smallest absolute Gasteiger partial charge is 0.321 e. The number of aromatic nitrogens is 2. The molecule has 1 aromatic heterocycles. The number of anilines is 1. The lowest BCUT2D eigenvalue weighted by atomic mass is 10.0. The fourth-order valence-electron chi connectivity index (χ4n) is 2.89. The van der Waals surface area contributed by atoms with Crippen molar-refractivity contribution in [3.63, 3.8) is 0 Å². The zero-order valence-corrected chi connectivity index (χ0v) is 12.9. The summed E-state index contributed by atoms with van der Waals surface area (Å²) >= 11 is 0. The average Bonchev–Trinajstić information content (AvgIpc) is 2.91. The Labute approximate surface area is 134 Å². The Morgan fingerprint density at radius 1 is 1.17 bits per heavy atom. The van der Waals surface area contributed by atoms with Gasteiger partial charge in [-0.15, -0.1) is 0 Å². The molecular formula is C18H18N4O. The lowest BCUT2D eigenvalue weighted by Gasteiger charge is -2.38. The highest BCUT2D eigenvalue weighted by atomic mass is 16.2. The summed E-state index contributed by atoms with van der Waals surface area (Å²) in [7, 11) is 0. The molecule has 0 aliphatic carbocycles. The van der Waals surface area contributed by atoms with Gasteiger partial charge < -0.3 is 15.2 Å². The third-order valence-corrected chi connectivity index (χ3v) is 4.35. The van der Waals surface area contributed by atoms with Crippen LogP contribution in [0, 0.1) is 6.92 Å².